The predicted molar refractivity (Wildman–Crippen MR) is 155 cm³/mol. The Labute approximate surface area is 223 Å². The van der Waals surface area contributed by atoms with Crippen molar-refractivity contribution in [2.45, 2.75) is 116 Å². The molecule has 3 saturated carbocycles. The van der Waals surface area contributed by atoms with E-state index in [4.69, 9.17) is 0 Å². The predicted octanol–water partition coefficient (Wildman–Crippen LogP) is 10.2. The van der Waals surface area contributed by atoms with Crippen LogP contribution in [0.15, 0.2) is 41.1 Å². The van der Waals surface area contributed by atoms with E-state index >= 15 is 0 Å². The Kier molecular flexibility index (Phi) is 8.05. The summed E-state index contributed by atoms with van der Waals surface area (Å²) in [6, 6.07) is 6.27. The fraction of sp³-hybridized carbons (Fsp3) is 0.781. The summed E-state index contributed by atoms with van der Waals surface area (Å²) in [7, 11) is 3.96. The van der Waals surface area contributed by atoms with Crippen molar-refractivity contribution in [3.63, 3.8) is 0 Å². The van der Waals surface area contributed by atoms with E-state index in [2.05, 4.69) is 68.6 Å². The molecule has 1 heterocycles. The van der Waals surface area contributed by atoms with Gasteiger partial charge in [0.1, 0.15) is 5.03 Å². The van der Waals surface area contributed by atoms with E-state index in [0.29, 0.717) is 10.8 Å². The van der Waals surface area contributed by atoms with Crippen molar-refractivity contribution in [3.05, 3.63) is 36.0 Å². The Morgan fingerprint density at radius 1 is 1.00 bits per heavy atom. The molecule has 1 aromatic heterocycles. The zero-order valence-corrected chi connectivity index (χ0v) is 24.6. The van der Waals surface area contributed by atoms with Gasteiger partial charge in [-0.25, -0.2) is 4.98 Å². The maximum absolute atomic E-state index is 4.52. The summed E-state index contributed by atoms with van der Waals surface area (Å²) >= 11 is 0. The van der Waals surface area contributed by atoms with E-state index in [1.54, 1.807) is 0 Å². The van der Waals surface area contributed by atoms with Crippen LogP contribution in [-0.2, 0) is 0 Å². The normalized spacial score (nSPS) is 39.5. The first kappa shape index (κ1) is 26.2. The zero-order valence-electron chi connectivity index (χ0n) is 23.0. The number of fused-ring (bicyclic) bond motifs is 5. The quantitative estimate of drug-likeness (QED) is 0.254. The van der Waals surface area contributed by atoms with E-state index in [0.717, 1.165) is 45.8 Å². The lowest BCUT2D eigenvalue weighted by molar-refractivity contribution is -0.0497. The average Bonchev–Trinajstić information content (AvgIpc) is 3.20. The van der Waals surface area contributed by atoms with Crippen LogP contribution in [0.2, 0.25) is 0 Å². The van der Waals surface area contributed by atoms with Crippen LogP contribution in [0.1, 0.15) is 105 Å². The van der Waals surface area contributed by atoms with Crippen molar-refractivity contribution in [1.29, 1.82) is 0 Å². The minimum absolute atomic E-state index is 0.470. The maximum Gasteiger partial charge on any atom is 0.106 e. The van der Waals surface area contributed by atoms with Gasteiger partial charge in [-0.15, -0.1) is 0 Å². The molecule has 35 heavy (non-hydrogen) atoms. The van der Waals surface area contributed by atoms with Gasteiger partial charge in [0.2, 0.25) is 0 Å². The third kappa shape index (κ3) is 5.16. The van der Waals surface area contributed by atoms with Gasteiger partial charge in [0.15, 0.2) is 0 Å². The largest absolute Gasteiger partial charge is 0.249 e. The van der Waals surface area contributed by atoms with E-state index in [1.165, 1.54) is 70.6 Å². The second-order valence-corrected chi connectivity index (χ2v) is 16.0. The highest BCUT2D eigenvalue weighted by Crippen LogP contribution is 2.67. The van der Waals surface area contributed by atoms with Gasteiger partial charge in [-0.1, -0.05) is 82.4 Å². The fourth-order valence-electron chi connectivity index (χ4n) is 9.25. The van der Waals surface area contributed by atoms with Gasteiger partial charge in [-0.2, -0.15) is 0 Å². The standard InChI is InChI=1S/C32H49NS2/c1-22(2)9-8-10-23(3)27-14-15-28-26-13-12-24-21-25(34-35-30-11-6-7-20-33-30)16-18-31(24,4)29(26)17-19-32(27,28)5/h6-7,11-12,20,22-23,25-29H,8-10,13-19,21H2,1-5H3/t23-,25+,26?,27-,28?,29?,31+,32-/m1/s1. The van der Waals surface area contributed by atoms with Crippen molar-refractivity contribution in [2.24, 2.45) is 46.3 Å². The number of allylic oxidation sites excluding steroid dienone is 2. The highest BCUT2D eigenvalue weighted by molar-refractivity contribution is 8.76. The van der Waals surface area contributed by atoms with E-state index in [1.807, 2.05) is 28.6 Å². The van der Waals surface area contributed by atoms with E-state index < -0.39 is 0 Å². The third-order valence-electron chi connectivity index (χ3n) is 11.2. The topological polar surface area (TPSA) is 12.9 Å². The highest BCUT2D eigenvalue weighted by Gasteiger charge is 2.59. The Morgan fingerprint density at radius 3 is 2.63 bits per heavy atom. The molecule has 0 saturated heterocycles. The van der Waals surface area contributed by atoms with Crippen molar-refractivity contribution in [3.8, 4) is 0 Å². The molecule has 0 aliphatic heterocycles. The summed E-state index contributed by atoms with van der Waals surface area (Å²) in [6.07, 6.45) is 20.4. The smallest absolute Gasteiger partial charge is 0.106 e. The lowest BCUT2D eigenvalue weighted by Gasteiger charge is -2.58. The fourth-order valence-corrected chi connectivity index (χ4v) is 11.7. The number of hydrogen-bond acceptors (Lipinski definition) is 3. The average molecular weight is 512 g/mol. The monoisotopic (exact) mass is 511 g/mol. The minimum atomic E-state index is 0.470. The van der Waals surface area contributed by atoms with Crippen LogP contribution in [0.3, 0.4) is 0 Å². The van der Waals surface area contributed by atoms with Gasteiger partial charge in [-0.3, -0.25) is 0 Å². The zero-order chi connectivity index (χ0) is 24.6. The van der Waals surface area contributed by atoms with E-state index in [-0.39, 0.29) is 0 Å². The van der Waals surface area contributed by atoms with Crippen molar-refractivity contribution >= 4 is 21.6 Å². The second kappa shape index (κ2) is 10.8. The molecule has 5 rings (SSSR count). The van der Waals surface area contributed by atoms with Crippen LogP contribution in [-0.4, -0.2) is 10.2 Å². The summed E-state index contributed by atoms with van der Waals surface area (Å²) in [4.78, 5) is 4.52. The molecule has 1 aromatic rings. The number of rotatable bonds is 8. The van der Waals surface area contributed by atoms with Crippen molar-refractivity contribution in [2.75, 3.05) is 0 Å². The molecule has 3 fully saturated rings. The van der Waals surface area contributed by atoms with Crippen LogP contribution in [0, 0.1) is 46.3 Å². The Balaban J connectivity index is 1.24. The first-order valence-corrected chi connectivity index (χ1v) is 17.0. The molecule has 0 bridgehead atoms. The minimum Gasteiger partial charge on any atom is -0.249 e. The summed E-state index contributed by atoms with van der Waals surface area (Å²) in [5.41, 5.74) is 2.90. The van der Waals surface area contributed by atoms with Crippen molar-refractivity contribution < 1.29 is 0 Å². The molecule has 0 radical (unpaired) electrons. The van der Waals surface area contributed by atoms with Crippen LogP contribution in [0.4, 0.5) is 0 Å². The van der Waals surface area contributed by atoms with Gasteiger partial charge in [0.25, 0.3) is 0 Å². The molecule has 4 aliphatic rings. The van der Waals surface area contributed by atoms with Gasteiger partial charge in [0.05, 0.1) is 0 Å². The molecule has 0 spiro atoms. The highest BCUT2D eigenvalue weighted by atomic mass is 33.1. The van der Waals surface area contributed by atoms with Crippen LogP contribution >= 0.6 is 21.6 Å². The van der Waals surface area contributed by atoms with Gasteiger partial charge >= 0.3 is 0 Å². The lowest BCUT2D eigenvalue weighted by Crippen LogP contribution is -2.50. The number of pyridine rings is 1. The molecule has 3 unspecified atom stereocenters. The molecular weight excluding hydrogens is 462 g/mol. The van der Waals surface area contributed by atoms with Crippen LogP contribution in [0.25, 0.3) is 0 Å². The molecule has 0 N–H and O–H groups in total. The number of hydrogen-bond donors (Lipinski definition) is 0. The SMILES string of the molecule is CC(C)CCC[C@@H](C)[C@H]1CCC2C3CC=C4C[C@@H](SSc5ccccn5)CC[C@]4(C)C3CC[C@@]21C. The molecule has 1 nitrogen and oxygen atoms in total. The molecule has 0 aromatic carbocycles. The molecule has 8 atom stereocenters. The summed E-state index contributed by atoms with van der Waals surface area (Å²) < 4.78 is 0. The Bertz CT molecular complexity index is 881. The second-order valence-electron chi connectivity index (χ2n) is 13.5. The first-order chi connectivity index (χ1) is 16.8. The number of aromatic nitrogens is 1. The van der Waals surface area contributed by atoms with Gasteiger partial charge < -0.3 is 0 Å². The van der Waals surface area contributed by atoms with Crippen LogP contribution in [0.5, 0.6) is 0 Å². The third-order valence-corrected chi connectivity index (χ3v) is 14.0. The lowest BCUT2D eigenvalue weighted by atomic mass is 9.47. The molecular formula is C32H49NS2. The number of nitrogens with zero attached hydrogens (tertiary/aromatic N) is 1. The molecule has 3 heteroatoms. The van der Waals surface area contributed by atoms with Gasteiger partial charge in [-0.05, 0) is 121 Å². The summed E-state index contributed by atoms with van der Waals surface area (Å²) in [5.74, 6) is 5.59. The summed E-state index contributed by atoms with van der Waals surface area (Å²) in [6.45, 7) is 12.8. The first-order valence-electron chi connectivity index (χ1n) is 14.7. The Hall–Kier alpha value is -0.410. The molecule has 194 valence electrons. The molecule has 0 amide bonds. The van der Waals surface area contributed by atoms with Crippen molar-refractivity contribution in [1.82, 2.24) is 4.98 Å². The Morgan fingerprint density at radius 2 is 1.86 bits per heavy atom. The van der Waals surface area contributed by atoms with Crippen LogP contribution < -0.4 is 0 Å². The molecule has 4 aliphatic carbocycles. The summed E-state index contributed by atoms with van der Waals surface area (Å²) in [5, 5.41) is 1.90. The van der Waals surface area contributed by atoms with Gasteiger partial charge in [0, 0.05) is 11.4 Å². The maximum atomic E-state index is 4.52. The van der Waals surface area contributed by atoms with E-state index in [9.17, 15) is 0 Å².